The highest BCUT2D eigenvalue weighted by molar-refractivity contribution is 8.00. The number of aryl methyl sites for hydroxylation is 3. The number of carbonyl (C=O) groups excluding carboxylic acids is 1. The van der Waals surface area contributed by atoms with Gasteiger partial charge in [-0.1, -0.05) is 29.5 Å². The molecule has 0 aliphatic rings. The summed E-state index contributed by atoms with van der Waals surface area (Å²) in [6.45, 7) is 5.84. The normalized spacial score (nSPS) is 10.1. The number of nitrogens with one attached hydrogen (secondary N) is 1. The Labute approximate surface area is 134 Å². The molecule has 2 aromatic rings. The van der Waals surface area contributed by atoms with Gasteiger partial charge in [0.2, 0.25) is 5.91 Å². The molecule has 0 atom stereocenters. The minimum Gasteiger partial charge on any atom is -0.325 e. The molecule has 0 unspecified atom stereocenters. The van der Waals surface area contributed by atoms with Crippen LogP contribution in [0.5, 0.6) is 0 Å². The number of benzene rings is 1. The molecule has 1 heterocycles. The first kappa shape index (κ1) is 16.1. The number of nitriles is 1. The van der Waals surface area contributed by atoms with Gasteiger partial charge >= 0.3 is 0 Å². The summed E-state index contributed by atoms with van der Waals surface area (Å²) in [6.07, 6.45) is 0. The van der Waals surface area contributed by atoms with Crippen LogP contribution in [0, 0.1) is 32.1 Å². The van der Waals surface area contributed by atoms with Crippen LogP contribution in [0.25, 0.3) is 0 Å². The van der Waals surface area contributed by atoms with Gasteiger partial charge in [0.25, 0.3) is 0 Å². The minimum absolute atomic E-state index is 0.107. The highest BCUT2D eigenvalue weighted by Gasteiger charge is 2.10. The summed E-state index contributed by atoms with van der Waals surface area (Å²) in [5.41, 5.74) is 4.33. The Kier molecular flexibility index (Phi) is 5.18. The topological polar surface area (TPSA) is 65.8 Å². The molecular weight excluding hydrogens is 294 g/mol. The SMILES string of the molecule is Cc1ccc(NC(=O)CSc2nc(C)ccc2C#N)c(C)c1. The van der Waals surface area contributed by atoms with E-state index in [4.69, 9.17) is 5.26 Å². The first-order valence-corrected chi connectivity index (χ1v) is 7.86. The van der Waals surface area contributed by atoms with Crippen LogP contribution in [0.1, 0.15) is 22.4 Å². The molecule has 4 nitrogen and oxygen atoms in total. The number of anilines is 1. The van der Waals surface area contributed by atoms with Crippen LogP contribution in [0.3, 0.4) is 0 Å². The Morgan fingerprint density at radius 1 is 1.27 bits per heavy atom. The van der Waals surface area contributed by atoms with Crippen molar-refractivity contribution in [2.24, 2.45) is 0 Å². The molecule has 5 heteroatoms. The first-order valence-electron chi connectivity index (χ1n) is 6.87. The van der Waals surface area contributed by atoms with Gasteiger partial charge in [-0.25, -0.2) is 4.98 Å². The van der Waals surface area contributed by atoms with Crippen molar-refractivity contribution in [1.82, 2.24) is 4.98 Å². The van der Waals surface area contributed by atoms with E-state index in [-0.39, 0.29) is 11.7 Å². The third kappa shape index (κ3) is 4.09. The van der Waals surface area contributed by atoms with Gasteiger partial charge in [0, 0.05) is 11.4 Å². The lowest BCUT2D eigenvalue weighted by Crippen LogP contribution is -2.15. The van der Waals surface area contributed by atoms with Gasteiger partial charge in [0.15, 0.2) is 0 Å². The van der Waals surface area contributed by atoms with Crippen LogP contribution in [-0.4, -0.2) is 16.6 Å². The van der Waals surface area contributed by atoms with E-state index in [9.17, 15) is 4.79 Å². The second kappa shape index (κ2) is 7.10. The Morgan fingerprint density at radius 3 is 2.73 bits per heavy atom. The quantitative estimate of drug-likeness (QED) is 0.876. The van der Waals surface area contributed by atoms with Crippen molar-refractivity contribution in [3.8, 4) is 6.07 Å². The highest BCUT2D eigenvalue weighted by atomic mass is 32.2. The van der Waals surface area contributed by atoms with Gasteiger partial charge in [-0.2, -0.15) is 5.26 Å². The lowest BCUT2D eigenvalue weighted by Gasteiger charge is -2.09. The molecule has 2 rings (SSSR count). The summed E-state index contributed by atoms with van der Waals surface area (Å²) < 4.78 is 0. The molecule has 1 aromatic heterocycles. The Hall–Kier alpha value is -2.32. The van der Waals surface area contributed by atoms with Crippen molar-refractivity contribution in [2.75, 3.05) is 11.1 Å². The molecule has 1 aromatic carbocycles. The average molecular weight is 311 g/mol. The van der Waals surface area contributed by atoms with Gasteiger partial charge in [0.05, 0.1) is 11.3 Å². The van der Waals surface area contributed by atoms with E-state index in [2.05, 4.69) is 16.4 Å². The molecule has 0 bridgehead atoms. The number of hydrogen-bond acceptors (Lipinski definition) is 4. The maximum atomic E-state index is 12.1. The van der Waals surface area contributed by atoms with E-state index in [1.54, 1.807) is 12.1 Å². The number of carbonyl (C=O) groups is 1. The van der Waals surface area contributed by atoms with Crippen LogP contribution in [0.15, 0.2) is 35.4 Å². The smallest absolute Gasteiger partial charge is 0.234 e. The fraction of sp³-hybridized carbons (Fsp3) is 0.235. The Morgan fingerprint density at radius 2 is 2.05 bits per heavy atom. The van der Waals surface area contributed by atoms with Crippen molar-refractivity contribution in [3.63, 3.8) is 0 Å². The lowest BCUT2D eigenvalue weighted by molar-refractivity contribution is -0.113. The van der Waals surface area contributed by atoms with Crippen molar-refractivity contribution in [3.05, 3.63) is 52.7 Å². The molecule has 0 spiro atoms. The number of amides is 1. The Bertz CT molecular complexity index is 750. The summed E-state index contributed by atoms with van der Waals surface area (Å²) in [7, 11) is 0. The number of nitrogens with zero attached hydrogens (tertiary/aromatic N) is 2. The van der Waals surface area contributed by atoms with Crippen LogP contribution >= 0.6 is 11.8 Å². The van der Waals surface area contributed by atoms with Crippen LogP contribution in [0.4, 0.5) is 5.69 Å². The van der Waals surface area contributed by atoms with E-state index < -0.39 is 0 Å². The largest absolute Gasteiger partial charge is 0.325 e. The highest BCUT2D eigenvalue weighted by Crippen LogP contribution is 2.21. The molecule has 1 N–H and O–H groups in total. The van der Waals surface area contributed by atoms with Crippen molar-refractivity contribution in [2.45, 2.75) is 25.8 Å². The van der Waals surface area contributed by atoms with E-state index in [1.807, 2.05) is 39.0 Å². The molecule has 0 aliphatic heterocycles. The van der Waals surface area contributed by atoms with E-state index in [0.717, 1.165) is 22.5 Å². The van der Waals surface area contributed by atoms with Gasteiger partial charge in [-0.3, -0.25) is 4.79 Å². The number of rotatable bonds is 4. The summed E-state index contributed by atoms with van der Waals surface area (Å²) >= 11 is 1.28. The molecule has 0 fully saturated rings. The molecule has 0 aliphatic carbocycles. The molecule has 112 valence electrons. The summed E-state index contributed by atoms with van der Waals surface area (Å²) in [4.78, 5) is 16.4. The van der Waals surface area contributed by atoms with Crippen molar-refractivity contribution < 1.29 is 4.79 Å². The van der Waals surface area contributed by atoms with Crippen LogP contribution in [0.2, 0.25) is 0 Å². The number of thioether (sulfide) groups is 1. The second-order valence-corrected chi connectivity index (χ2v) is 6.04. The number of hydrogen-bond donors (Lipinski definition) is 1. The fourth-order valence-electron chi connectivity index (χ4n) is 2.00. The minimum atomic E-state index is -0.107. The van der Waals surface area contributed by atoms with E-state index in [0.29, 0.717) is 10.6 Å². The standard InChI is InChI=1S/C17H17N3OS/c1-11-4-7-15(12(2)8-11)20-16(21)10-22-17-14(9-18)6-5-13(3)19-17/h4-8H,10H2,1-3H3,(H,20,21). The third-order valence-electron chi connectivity index (χ3n) is 3.12. The van der Waals surface area contributed by atoms with E-state index in [1.165, 1.54) is 11.8 Å². The molecule has 0 saturated carbocycles. The predicted octanol–water partition coefficient (Wildman–Crippen LogP) is 3.61. The number of aromatic nitrogens is 1. The van der Waals surface area contributed by atoms with Gasteiger partial charge in [0.1, 0.15) is 11.1 Å². The molecule has 0 saturated heterocycles. The monoisotopic (exact) mass is 311 g/mol. The molecule has 22 heavy (non-hydrogen) atoms. The summed E-state index contributed by atoms with van der Waals surface area (Å²) in [5.74, 6) is 0.113. The zero-order valence-electron chi connectivity index (χ0n) is 12.8. The van der Waals surface area contributed by atoms with Gasteiger partial charge < -0.3 is 5.32 Å². The van der Waals surface area contributed by atoms with Crippen LogP contribution in [-0.2, 0) is 4.79 Å². The predicted molar refractivity (Wildman–Crippen MR) is 89.0 cm³/mol. The summed E-state index contributed by atoms with van der Waals surface area (Å²) in [5, 5.41) is 12.6. The Balaban J connectivity index is 2.02. The lowest BCUT2D eigenvalue weighted by atomic mass is 10.1. The molecular formula is C17H17N3OS. The van der Waals surface area contributed by atoms with Crippen LogP contribution < -0.4 is 5.32 Å². The molecule has 0 radical (unpaired) electrons. The van der Waals surface area contributed by atoms with E-state index >= 15 is 0 Å². The van der Waals surface area contributed by atoms with Crippen molar-refractivity contribution in [1.29, 1.82) is 5.26 Å². The average Bonchev–Trinajstić information content (AvgIpc) is 2.48. The third-order valence-corrected chi connectivity index (χ3v) is 4.11. The fourth-order valence-corrected chi connectivity index (χ4v) is 2.82. The summed E-state index contributed by atoms with van der Waals surface area (Å²) in [6, 6.07) is 11.5. The van der Waals surface area contributed by atoms with Gasteiger partial charge in [-0.05, 0) is 44.5 Å². The zero-order valence-corrected chi connectivity index (χ0v) is 13.6. The second-order valence-electron chi connectivity index (χ2n) is 5.07. The number of pyridine rings is 1. The maximum Gasteiger partial charge on any atom is 0.234 e. The molecule has 1 amide bonds. The zero-order chi connectivity index (χ0) is 16.1. The van der Waals surface area contributed by atoms with Gasteiger partial charge in [-0.15, -0.1) is 0 Å². The maximum absolute atomic E-state index is 12.1. The van der Waals surface area contributed by atoms with Crippen molar-refractivity contribution >= 4 is 23.4 Å². The first-order chi connectivity index (χ1) is 10.5.